The molecule has 0 aliphatic carbocycles. The summed E-state index contributed by atoms with van der Waals surface area (Å²) in [6.07, 6.45) is 5.55. The first-order chi connectivity index (χ1) is 29.0. The van der Waals surface area contributed by atoms with Crippen LogP contribution in [0.5, 0.6) is 0 Å². The van der Waals surface area contributed by atoms with Gasteiger partial charge in [0.25, 0.3) is 0 Å². The van der Waals surface area contributed by atoms with Gasteiger partial charge in [-0.05, 0) is 144 Å². The fourth-order valence-corrected chi connectivity index (χ4v) is 7.43. The van der Waals surface area contributed by atoms with E-state index < -0.39 is 14.0 Å². The summed E-state index contributed by atoms with van der Waals surface area (Å²) >= 11 is 3.49. The third-order valence-corrected chi connectivity index (χ3v) is 13.7. The van der Waals surface area contributed by atoms with Gasteiger partial charge in [-0.25, -0.2) is 19.3 Å². The Labute approximate surface area is 376 Å². The van der Waals surface area contributed by atoms with Crippen LogP contribution in [0.25, 0.3) is 33.4 Å². The second kappa shape index (κ2) is 16.9. The van der Waals surface area contributed by atoms with Crippen molar-refractivity contribution in [1.82, 2.24) is 29.5 Å². The molecule has 0 spiro atoms. The monoisotopic (exact) mass is 904 g/mol. The third kappa shape index (κ3) is 9.07. The Morgan fingerprint density at radius 3 is 1.31 bits per heavy atom. The molecule has 0 N–H and O–H groups in total. The Morgan fingerprint density at radius 2 is 0.887 bits per heavy atom. The van der Waals surface area contributed by atoms with Gasteiger partial charge in [0, 0.05) is 26.6 Å². The number of nitrogens with zero attached hydrogens (tertiary/aromatic N) is 6. The van der Waals surface area contributed by atoms with Crippen molar-refractivity contribution in [3.8, 4) is 11.6 Å². The predicted octanol–water partition coefficient (Wildman–Crippen LogP) is 9.28. The van der Waals surface area contributed by atoms with E-state index in [1.165, 1.54) is 0 Å². The van der Waals surface area contributed by atoms with E-state index in [4.69, 9.17) is 32.9 Å². The molecule has 0 radical (unpaired) electrons. The van der Waals surface area contributed by atoms with E-state index in [0.29, 0.717) is 0 Å². The summed E-state index contributed by atoms with van der Waals surface area (Å²) < 4.78 is 41.0. The first kappa shape index (κ1) is 46.1. The molecule has 12 nitrogen and oxygen atoms in total. The molecule has 9 rings (SSSR count). The highest BCUT2D eigenvalue weighted by Gasteiger charge is 2.63. The van der Waals surface area contributed by atoms with Crippen molar-refractivity contribution in [3.63, 3.8) is 0 Å². The lowest BCUT2D eigenvalue weighted by Crippen LogP contribution is -2.41. The molecule has 0 saturated carbocycles. The van der Waals surface area contributed by atoms with Crippen LogP contribution in [0.2, 0.25) is 0 Å². The standard InChI is InChI=1S/C20H24BN3O2.C14H12BrN3.C12H24B2O4/c1-6-16-8-7-9-18(23-16)24-17-12-15(11-10-14(17)13-22-24)21-25-19(2,3)20(4,5)26-21;1-2-12-4-3-5-14(17-12)18-13-8-11(15)7-6-10(13)9-16-18;1-9(2)10(3,4)16-13(15-9)14-17-11(5,6)12(7,8)18-14/h7-13H,6H2,1-5H3;3-9H,2H2,1H3;1-8H3. The van der Waals surface area contributed by atoms with E-state index in [1.807, 2.05) is 132 Å². The Bertz CT molecular complexity index is 2480. The minimum Gasteiger partial charge on any atom is -0.405 e. The van der Waals surface area contributed by atoms with Gasteiger partial charge in [0.2, 0.25) is 0 Å². The summed E-state index contributed by atoms with van der Waals surface area (Å²) in [4.78, 5) is 9.29. The van der Waals surface area contributed by atoms with Gasteiger partial charge in [-0.2, -0.15) is 10.2 Å². The number of fused-ring (bicyclic) bond motifs is 2. The average molecular weight is 905 g/mol. The van der Waals surface area contributed by atoms with Crippen LogP contribution in [-0.2, 0) is 40.8 Å². The maximum atomic E-state index is 6.19. The SMILES string of the molecule is CC1(C)OB(B2OC(C)(C)C(C)(C)O2)OC1(C)C.CCc1cccc(-n2ncc3ccc(B4OC(C)(C)C(C)(C)O4)cc32)n1.CCc1cccc(-n2ncc3ccc(Br)cc32)n1. The molecule has 7 heterocycles. The van der Waals surface area contributed by atoms with Crippen molar-refractivity contribution < 1.29 is 27.9 Å². The lowest BCUT2D eigenvalue weighted by Gasteiger charge is -2.32. The maximum absolute atomic E-state index is 6.19. The lowest BCUT2D eigenvalue weighted by atomic mass is 9.49. The summed E-state index contributed by atoms with van der Waals surface area (Å²) in [6, 6.07) is 24.4. The van der Waals surface area contributed by atoms with Crippen LogP contribution in [0.4, 0.5) is 0 Å². The summed E-state index contributed by atoms with van der Waals surface area (Å²) in [6.45, 7) is 28.7. The van der Waals surface area contributed by atoms with Crippen LogP contribution >= 0.6 is 15.9 Å². The zero-order chi connectivity index (χ0) is 45.0. The fourth-order valence-electron chi connectivity index (χ4n) is 7.08. The first-order valence-corrected chi connectivity index (χ1v) is 22.4. The number of halogens is 1. The summed E-state index contributed by atoms with van der Waals surface area (Å²) in [5.41, 5.74) is 3.02. The molecule has 3 fully saturated rings. The van der Waals surface area contributed by atoms with Gasteiger partial charge in [0.05, 0.1) is 57.0 Å². The molecule has 0 unspecified atom stereocenters. The van der Waals surface area contributed by atoms with Crippen molar-refractivity contribution in [2.75, 3.05) is 0 Å². The van der Waals surface area contributed by atoms with Crippen LogP contribution < -0.4 is 5.46 Å². The number of pyridine rings is 2. The van der Waals surface area contributed by atoms with Crippen molar-refractivity contribution >= 4 is 64.3 Å². The molecule has 3 aliphatic rings. The summed E-state index contributed by atoms with van der Waals surface area (Å²) in [7, 11) is -1.34. The van der Waals surface area contributed by atoms with Gasteiger partial charge < -0.3 is 27.9 Å². The lowest BCUT2D eigenvalue weighted by molar-refractivity contribution is 0.00578. The van der Waals surface area contributed by atoms with Gasteiger partial charge in [-0.3, -0.25) is 0 Å². The van der Waals surface area contributed by atoms with Crippen molar-refractivity contribution in [1.29, 1.82) is 0 Å². The van der Waals surface area contributed by atoms with E-state index in [9.17, 15) is 0 Å². The number of hydrogen-bond acceptors (Lipinski definition) is 10. The fraction of sp³-hybridized carbons (Fsp3) is 0.478. The largest absolute Gasteiger partial charge is 0.494 e. The molecular formula is C46H60B3BrN6O6. The molecule has 4 aromatic heterocycles. The highest BCUT2D eigenvalue weighted by molar-refractivity contribution is 9.10. The number of rotatable bonds is 6. The second-order valence-corrected chi connectivity index (χ2v) is 20.1. The van der Waals surface area contributed by atoms with E-state index >= 15 is 0 Å². The topological polar surface area (TPSA) is 117 Å². The van der Waals surface area contributed by atoms with Gasteiger partial charge in [-0.15, -0.1) is 0 Å². The number of hydrogen-bond donors (Lipinski definition) is 0. The molecule has 3 saturated heterocycles. The van der Waals surface area contributed by atoms with Crippen LogP contribution in [0.3, 0.4) is 0 Å². The van der Waals surface area contributed by atoms with Crippen molar-refractivity contribution in [3.05, 3.63) is 101 Å². The maximum Gasteiger partial charge on any atom is 0.494 e. The Balaban J connectivity index is 0.000000144. The molecule has 62 heavy (non-hydrogen) atoms. The molecule has 16 heteroatoms. The number of benzene rings is 2. The predicted molar refractivity (Wildman–Crippen MR) is 252 cm³/mol. The normalized spacial score (nSPS) is 20.3. The van der Waals surface area contributed by atoms with Crippen LogP contribution in [0.1, 0.15) is 108 Å². The average Bonchev–Trinajstić information content (AvgIpc) is 3.98. The van der Waals surface area contributed by atoms with Crippen LogP contribution in [0.15, 0.2) is 89.7 Å². The van der Waals surface area contributed by atoms with Gasteiger partial charge in [0.15, 0.2) is 11.6 Å². The van der Waals surface area contributed by atoms with E-state index in [1.54, 1.807) is 0 Å². The Hall–Kier alpha value is -3.89. The zero-order valence-corrected chi connectivity index (χ0v) is 40.3. The van der Waals surface area contributed by atoms with Crippen LogP contribution in [0, 0.1) is 0 Å². The second-order valence-electron chi connectivity index (χ2n) is 19.2. The molecule has 0 atom stereocenters. The number of aryl methyl sites for hydroxylation is 2. The van der Waals surface area contributed by atoms with Gasteiger partial charge >= 0.3 is 21.1 Å². The summed E-state index contributed by atoms with van der Waals surface area (Å²) in [5.74, 6) is 1.69. The molecule has 3 aliphatic heterocycles. The smallest absolute Gasteiger partial charge is 0.405 e. The molecule has 2 aromatic carbocycles. The highest BCUT2D eigenvalue weighted by Crippen LogP contribution is 2.43. The Morgan fingerprint density at radius 1 is 0.500 bits per heavy atom. The van der Waals surface area contributed by atoms with Gasteiger partial charge in [0.1, 0.15) is 0 Å². The van der Waals surface area contributed by atoms with Gasteiger partial charge in [-0.1, -0.05) is 60.1 Å². The molecule has 0 bridgehead atoms. The first-order valence-electron chi connectivity index (χ1n) is 21.6. The van der Waals surface area contributed by atoms with E-state index in [2.05, 4.69) is 90.9 Å². The number of aromatic nitrogens is 6. The summed E-state index contributed by atoms with van der Waals surface area (Å²) in [5, 5.41) is 11.1. The molecule has 6 aromatic rings. The van der Waals surface area contributed by atoms with Crippen molar-refractivity contribution in [2.45, 2.75) is 143 Å². The van der Waals surface area contributed by atoms with Crippen molar-refractivity contribution in [2.24, 2.45) is 0 Å². The van der Waals surface area contributed by atoms with E-state index in [-0.39, 0.29) is 40.7 Å². The molecule has 0 amide bonds. The van der Waals surface area contributed by atoms with Crippen LogP contribution in [-0.4, -0.2) is 84.3 Å². The Kier molecular flexibility index (Phi) is 12.6. The highest BCUT2D eigenvalue weighted by atomic mass is 79.9. The van der Waals surface area contributed by atoms with E-state index in [0.717, 1.165) is 67.6 Å². The minimum atomic E-state index is -0.476. The molecular weight excluding hydrogens is 845 g/mol. The quantitative estimate of drug-likeness (QED) is 0.150. The third-order valence-electron chi connectivity index (χ3n) is 13.2. The molecule has 326 valence electrons. The zero-order valence-electron chi connectivity index (χ0n) is 38.7. The minimum absolute atomic E-state index is 0.357.